The summed E-state index contributed by atoms with van der Waals surface area (Å²) < 4.78 is 18.8. The first-order chi connectivity index (χ1) is 16.2. The zero-order valence-electron chi connectivity index (χ0n) is 22.0. The van der Waals surface area contributed by atoms with E-state index in [-0.39, 0.29) is 12.1 Å². The molecule has 2 atom stereocenters. The highest BCUT2D eigenvalue weighted by atomic mass is 16.7. The van der Waals surface area contributed by atoms with Gasteiger partial charge in [0.2, 0.25) is 0 Å². The van der Waals surface area contributed by atoms with Gasteiger partial charge in [-0.3, -0.25) is 0 Å². The van der Waals surface area contributed by atoms with E-state index in [1.54, 1.807) is 18.7 Å². The topological polar surface area (TPSA) is 68.2 Å². The summed E-state index contributed by atoms with van der Waals surface area (Å²) in [6, 6.07) is 17.5. The van der Waals surface area contributed by atoms with Crippen molar-refractivity contribution in [1.82, 2.24) is 4.90 Å². The van der Waals surface area contributed by atoms with Crippen molar-refractivity contribution in [3.05, 3.63) is 65.7 Å². The Morgan fingerprint density at radius 3 is 2.14 bits per heavy atom. The van der Waals surface area contributed by atoms with Crippen LogP contribution in [0.1, 0.15) is 78.5 Å². The monoisotopic (exact) mass is 479 g/mol. The number of aliphatic hydroxyl groups is 1. The molecule has 2 aromatic carbocycles. The molecule has 0 bridgehead atoms. The van der Waals surface area contributed by atoms with Crippen LogP contribution in [0, 0.1) is 0 Å². The predicted molar refractivity (Wildman–Crippen MR) is 137 cm³/mol. The van der Waals surface area contributed by atoms with Crippen molar-refractivity contribution in [3.63, 3.8) is 0 Å². The van der Waals surface area contributed by atoms with Gasteiger partial charge >= 0.3 is 13.2 Å². The second-order valence-corrected chi connectivity index (χ2v) is 11.6. The van der Waals surface area contributed by atoms with Gasteiger partial charge in [-0.05, 0) is 65.1 Å². The number of rotatable bonds is 6. The quantitative estimate of drug-likeness (QED) is 0.595. The molecular weight excluding hydrogens is 441 g/mol. The average molecular weight is 479 g/mol. The van der Waals surface area contributed by atoms with Crippen molar-refractivity contribution >= 4 is 18.7 Å². The van der Waals surface area contributed by atoms with Gasteiger partial charge in [0.15, 0.2) is 0 Å². The van der Waals surface area contributed by atoms with Crippen LogP contribution in [0.2, 0.25) is 0 Å². The summed E-state index contributed by atoms with van der Waals surface area (Å²) >= 11 is 0. The first-order valence-electron chi connectivity index (χ1n) is 12.5. The van der Waals surface area contributed by atoms with Crippen LogP contribution in [-0.2, 0) is 19.6 Å². The fourth-order valence-corrected chi connectivity index (χ4v) is 5.14. The number of benzene rings is 2. The third kappa shape index (κ3) is 4.99. The van der Waals surface area contributed by atoms with Crippen LogP contribution >= 0.6 is 0 Å². The lowest BCUT2D eigenvalue weighted by atomic mass is 9.74. The lowest BCUT2D eigenvalue weighted by Crippen LogP contribution is -2.52. The number of cyclic esters (lactones) is 1. The molecule has 2 saturated heterocycles. The van der Waals surface area contributed by atoms with E-state index in [0.717, 1.165) is 16.6 Å². The summed E-state index contributed by atoms with van der Waals surface area (Å²) in [5, 5.41) is 10.6. The smallest absolute Gasteiger partial charge is 0.438 e. The Kier molecular flexibility index (Phi) is 6.58. The average Bonchev–Trinajstić information content (AvgIpc) is 2.99. The maximum absolute atomic E-state index is 13.5. The Bertz CT molecular complexity index is 1050. The minimum Gasteiger partial charge on any atom is -0.438 e. The number of nitrogens with zero attached hydrogens (tertiary/aromatic N) is 1. The molecule has 1 amide bonds. The fraction of sp³-hybridized carbons (Fsp3) is 0.536. The second kappa shape index (κ2) is 8.95. The third-order valence-electron chi connectivity index (χ3n) is 7.71. The van der Waals surface area contributed by atoms with Crippen molar-refractivity contribution in [3.8, 4) is 0 Å². The molecule has 0 aromatic heterocycles. The molecule has 2 fully saturated rings. The third-order valence-corrected chi connectivity index (χ3v) is 7.71. The summed E-state index contributed by atoms with van der Waals surface area (Å²) in [6.07, 6.45) is 0.513. The van der Waals surface area contributed by atoms with Crippen LogP contribution in [0.4, 0.5) is 4.79 Å². The van der Waals surface area contributed by atoms with Crippen molar-refractivity contribution in [1.29, 1.82) is 0 Å². The first-order valence-corrected chi connectivity index (χ1v) is 12.5. The Morgan fingerprint density at radius 1 is 1.00 bits per heavy atom. The fourth-order valence-electron chi connectivity index (χ4n) is 5.14. The van der Waals surface area contributed by atoms with Gasteiger partial charge in [-0.25, -0.2) is 4.79 Å². The van der Waals surface area contributed by atoms with Gasteiger partial charge in [0.25, 0.3) is 0 Å². The van der Waals surface area contributed by atoms with Crippen LogP contribution in [0.5, 0.6) is 0 Å². The highest BCUT2D eigenvalue weighted by molar-refractivity contribution is 6.62. The SMILES string of the molecule is CC(c1ccccc1B1OC(C)(C)C(C)(C)O1)N1CC[C@](CC(C)(C)O)(c2ccccc2)OC1=O. The van der Waals surface area contributed by atoms with Crippen LogP contribution in [0.25, 0.3) is 0 Å². The molecule has 1 N–H and O–H groups in total. The summed E-state index contributed by atoms with van der Waals surface area (Å²) in [5.41, 5.74) is 0.0149. The Morgan fingerprint density at radius 2 is 1.57 bits per heavy atom. The molecule has 0 aliphatic carbocycles. The number of carbonyl (C=O) groups excluding carboxylic acids is 1. The molecule has 35 heavy (non-hydrogen) atoms. The van der Waals surface area contributed by atoms with Crippen LogP contribution < -0.4 is 5.46 Å². The highest BCUT2D eigenvalue weighted by Crippen LogP contribution is 2.42. The lowest BCUT2D eigenvalue weighted by Gasteiger charge is -2.45. The van der Waals surface area contributed by atoms with Crippen molar-refractivity contribution in [2.24, 2.45) is 0 Å². The number of hydrogen-bond donors (Lipinski definition) is 1. The van der Waals surface area contributed by atoms with E-state index in [4.69, 9.17) is 14.0 Å². The van der Waals surface area contributed by atoms with Crippen molar-refractivity contribution < 1.29 is 23.9 Å². The van der Waals surface area contributed by atoms with E-state index >= 15 is 0 Å². The minimum atomic E-state index is -0.993. The molecule has 0 radical (unpaired) electrons. The molecule has 1 unspecified atom stereocenters. The van der Waals surface area contributed by atoms with E-state index in [1.807, 2.05) is 89.2 Å². The molecule has 4 rings (SSSR count). The summed E-state index contributed by atoms with van der Waals surface area (Å²) in [4.78, 5) is 15.2. The van der Waals surface area contributed by atoms with Gasteiger partial charge in [-0.1, -0.05) is 54.6 Å². The lowest BCUT2D eigenvalue weighted by molar-refractivity contribution is -0.101. The Balaban J connectivity index is 1.60. The Labute approximate surface area is 209 Å². The van der Waals surface area contributed by atoms with E-state index in [0.29, 0.717) is 19.4 Å². The molecule has 2 aromatic rings. The number of amides is 1. The maximum atomic E-state index is 13.5. The minimum absolute atomic E-state index is 0.242. The van der Waals surface area contributed by atoms with Crippen LogP contribution in [0.3, 0.4) is 0 Å². The molecule has 2 aliphatic rings. The van der Waals surface area contributed by atoms with Crippen molar-refractivity contribution in [2.75, 3.05) is 6.54 Å². The van der Waals surface area contributed by atoms with Gasteiger partial charge in [0.1, 0.15) is 5.60 Å². The first kappa shape index (κ1) is 25.7. The summed E-state index contributed by atoms with van der Waals surface area (Å²) in [6.45, 7) is 14.2. The van der Waals surface area contributed by atoms with E-state index in [9.17, 15) is 9.90 Å². The molecule has 2 heterocycles. The van der Waals surface area contributed by atoms with Crippen LogP contribution in [-0.4, -0.2) is 46.6 Å². The molecule has 6 nitrogen and oxygen atoms in total. The van der Waals surface area contributed by atoms with Gasteiger partial charge in [-0.15, -0.1) is 0 Å². The summed E-state index contributed by atoms with van der Waals surface area (Å²) in [5.74, 6) is 0. The molecule has 0 saturated carbocycles. The largest absolute Gasteiger partial charge is 0.495 e. The predicted octanol–water partition coefficient (Wildman–Crippen LogP) is 4.95. The van der Waals surface area contributed by atoms with Crippen LogP contribution in [0.15, 0.2) is 54.6 Å². The molecule has 188 valence electrons. The normalized spacial score (nSPS) is 24.9. The molecule has 0 spiro atoms. The van der Waals surface area contributed by atoms with Gasteiger partial charge in [-0.2, -0.15) is 0 Å². The second-order valence-electron chi connectivity index (χ2n) is 11.6. The molecule has 2 aliphatic heterocycles. The van der Waals surface area contributed by atoms with Gasteiger partial charge < -0.3 is 24.1 Å². The number of carbonyl (C=O) groups is 1. The van der Waals surface area contributed by atoms with E-state index in [1.165, 1.54) is 0 Å². The van der Waals surface area contributed by atoms with E-state index < -0.39 is 29.5 Å². The zero-order chi connectivity index (χ0) is 25.6. The maximum Gasteiger partial charge on any atom is 0.495 e. The standard InChI is InChI=1S/C28H38BNO5/c1-20(22-15-11-12-16-23(22)29-34-26(4,5)27(6,7)35-29)30-18-17-28(33-24(30)31,19-25(2,3)32)21-13-9-8-10-14-21/h8-16,20,32H,17-19H2,1-7H3/t20?,28-/m0/s1. The highest BCUT2D eigenvalue weighted by Gasteiger charge is 2.53. The zero-order valence-corrected chi connectivity index (χ0v) is 22.0. The Hall–Kier alpha value is -2.35. The van der Waals surface area contributed by atoms with Gasteiger partial charge in [0.05, 0.1) is 22.8 Å². The van der Waals surface area contributed by atoms with Crippen molar-refractivity contribution in [2.45, 2.75) is 89.8 Å². The number of hydrogen-bond acceptors (Lipinski definition) is 5. The molecule has 7 heteroatoms. The summed E-state index contributed by atoms with van der Waals surface area (Å²) in [7, 11) is -0.516. The van der Waals surface area contributed by atoms with E-state index in [2.05, 4.69) is 0 Å². The number of ether oxygens (including phenoxy) is 1. The molecular formula is C28H38BNO5. The van der Waals surface area contributed by atoms with Gasteiger partial charge in [0, 0.05) is 19.4 Å².